The number of rotatable bonds is 3. The van der Waals surface area contributed by atoms with Crippen molar-refractivity contribution >= 4 is 34.9 Å². The molecule has 0 unspecified atom stereocenters. The van der Waals surface area contributed by atoms with Crippen LogP contribution in [0.5, 0.6) is 0 Å². The van der Waals surface area contributed by atoms with Gasteiger partial charge in [-0.25, -0.2) is 4.79 Å². The van der Waals surface area contributed by atoms with Crippen LogP contribution in [0.1, 0.15) is 27.3 Å². The van der Waals surface area contributed by atoms with Crippen LogP contribution >= 0.6 is 11.8 Å². The summed E-state index contributed by atoms with van der Waals surface area (Å²) < 4.78 is 1.90. The van der Waals surface area contributed by atoms with E-state index in [-0.39, 0.29) is 11.5 Å². The number of carboxylic acids is 1. The van der Waals surface area contributed by atoms with Crippen LogP contribution in [0.2, 0.25) is 0 Å². The average Bonchev–Trinajstić information content (AvgIpc) is 3.05. The first-order valence-electron chi connectivity index (χ1n) is 8.01. The number of benzene rings is 1. The number of likely N-dealkylation sites (N-methyl/N-ethyl adjacent to an activating group) is 1. The predicted octanol–water partition coefficient (Wildman–Crippen LogP) is 3.32. The van der Waals surface area contributed by atoms with E-state index in [0.29, 0.717) is 15.8 Å². The molecule has 0 spiro atoms. The van der Waals surface area contributed by atoms with Crippen LogP contribution in [0, 0.1) is 13.8 Å². The molecule has 1 fully saturated rings. The lowest BCUT2D eigenvalue weighted by Gasteiger charge is -2.12. The summed E-state index contributed by atoms with van der Waals surface area (Å²) in [7, 11) is 3.36. The Kier molecular flexibility index (Phi) is 4.73. The second-order valence-corrected chi connectivity index (χ2v) is 6.97. The molecule has 0 atom stereocenters. The van der Waals surface area contributed by atoms with E-state index in [9.17, 15) is 14.7 Å². The topological polar surface area (TPSA) is 74.9 Å². The number of amidine groups is 1. The van der Waals surface area contributed by atoms with E-state index in [1.807, 2.05) is 36.6 Å². The zero-order chi connectivity index (χ0) is 19.0. The average molecular weight is 369 g/mol. The molecule has 2 aromatic rings. The van der Waals surface area contributed by atoms with E-state index in [1.165, 1.54) is 16.7 Å². The number of amides is 1. The van der Waals surface area contributed by atoms with Crippen molar-refractivity contribution in [1.29, 1.82) is 0 Å². The molecule has 1 aliphatic heterocycles. The van der Waals surface area contributed by atoms with Gasteiger partial charge in [0.05, 0.1) is 16.2 Å². The highest BCUT2D eigenvalue weighted by molar-refractivity contribution is 8.18. The van der Waals surface area contributed by atoms with Crippen LogP contribution in [0.25, 0.3) is 11.8 Å². The molecule has 0 bridgehead atoms. The third-order valence-electron chi connectivity index (χ3n) is 4.33. The number of carboxylic acid groups (broad SMARTS) is 1. The summed E-state index contributed by atoms with van der Waals surface area (Å²) in [5.74, 6) is -1.06. The lowest BCUT2D eigenvalue weighted by Crippen LogP contribution is -2.23. The second kappa shape index (κ2) is 6.84. The van der Waals surface area contributed by atoms with E-state index >= 15 is 0 Å². The lowest BCUT2D eigenvalue weighted by molar-refractivity contribution is -0.121. The monoisotopic (exact) mass is 369 g/mol. The van der Waals surface area contributed by atoms with Crippen LogP contribution < -0.4 is 0 Å². The highest BCUT2D eigenvalue weighted by Crippen LogP contribution is 2.33. The highest BCUT2D eigenvalue weighted by Gasteiger charge is 2.30. The van der Waals surface area contributed by atoms with Gasteiger partial charge >= 0.3 is 5.97 Å². The Morgan fingerprint density at radius 3 is 2.58 bits per heavy atom. The van der Waals surface area contributed by atoms with Crippen molar-refractivity contribution in [2.24, 2.45) is 4.99 Å². The molecule has 1 amide bonds. The molecule has 0 aliphatic carbocycles. The van der Waals surface area contributed by atoms with Gasteiger partial charge in [-0.1, -0.05) is 12.1 Å². The van der Waals surface area contributed by atoms with Crippen LogP contribution in [-0.2, 0) is 4.79 Å². The molecular weight excluding hydrogens is 350 g/mol. The molecule has 1 aliphatic rings. The molecule has 3 rings (SSSR count). The number of aromatic carboxylic acids is 1. The molecular formula is C19H19N3O3S. The summed E-state index contributed by atoms with van der Waals surface area (Å²) in [5.41, 5.74) is 3.50. The number of hydrogen-bond acceptors (Lipinski definition) is 4. The number of carbonyl (C=O) groups excluding carboxylic acids is 1. The van der Waals surface area contributed by atoms with E-state index < -0.39 is 5.97 Å². The fourth-order valence-electron chi connectivity index (χ4n) is 3.04. The minimum Gasteiger partial charge on any atom is -0.478 e. The van der Waals surface area contributed by atoms with Crippen molar-refractivity contribution < 1.29 is 14.7 Å². The zero-order valence-electron chi connectivity index (χ0n) is 15.0. The van der Waals surface area contributed by atoms with Crippen LogP contribution in [0.3, 0.4) is 0 Å². The van der Waals surface area contributed by atoms with Crippen molar-refractivity contribution in [1.82, 2.24) is 9.47 Å². The Morgan fingerprint density at radius 1 is 1.27 bits per heavy atom. The molecule has 2 heterocycles. The molecule has 7 heteroatoms. The van der Waals surface area contributed by atoms with E-state index in [2.05, 4.69) is 4.99 Å². The first kappa shape index (κ1) is 18.0. The SMILES string of the molecule is CN=C1S/C(=C\c2cc(C)n(-c3ccccc3C(=O)O)c2C)C(=O)N1C. The van der Waals surface area contributed by atoms with Gasteiger partial charge in [-0.05, 0) is 55.4 Å². The number of aryl methyl sites for hydroxylation is 1. The summed E-state index contributed by atoms with van der Waals surface area (Å²) >= 11 is 1.33. The number of nitrogens with zero attached hydrogens (tertiary/aromatic N) is 3. The second-order valence-electron chi connectivity index (χ2n) is 5.97. The third-order valence-corrected chi connectivity index (χ3v) is 5.48. The number of thioether (sulfide) groups is 1. The molecule has 26 heavy (non-hydrogen) atoms. The van der Waals surface area contributed by atoms with Crippen molar-refractivity contribution in [3.8, 4) is 5.69 Å². The maximum absolute atomic E-state index is 12.4. The minimum atomic E-state index is -0.972. The number of aromatic nitrogens is 1. The van der Waals surface area contributed by atoms with Gasteiger partial charge in [-0.15, -0.1) is 0 Å². The Bertz CT molecular complexity index is 972. The summed E-state index contributed by atoms with van der Waals surface area (Å²) in [5, 5.41) is 10.1. The maximum atomic E-state index is 12.4. The van der Waals surface area contributed by atoms with E-state index in [1.54, 1.807) is 32.3 Å². The largest absolute Gasteiger partial charge is 0.478 e. The Balaban J connectivity index is 2.10. The smallest absolute Gasteiger partial charge is 0.337 e. The Labute approximate surface area is 155 Å². The quantitative estimate of drug-likeness (QED) is 0.842. The van der Waals surface area contributed by atoms with Crippen molar-refractivity contribution in [3.63, 3.8) is 0 Å². The lowest BCUT2D eigenvalue weighted by atomic mass is 10.1. The van der Waals surface area contributed by atoms with E-state index in [0.717, 1.165) is 17.0 Å². The zero-order valence-corrected chi connectivity index (χ0v) is 15.8. The number of para-hydroxylation sites is 1. The first-order valence-corrected chi connectivity index (χ1v) is 8.82. The Hall–Kier alpha value is -2.80. The molecule has 134 valence electrons. The number of carbonyl (C=O) groups is 2. The van der Waals surface area contributed by atoms with Gasteiger partial charge in [0.1, 0.15) is 0 Å². The highest BCUT2D eigenvalue weighted by atomic mass is 32.2. The van der Waals surface area contributed by atoms with Gasteiger partial charge in [-0.2, -0.15) is 0 Å². The maximum Gasteiger partial charge on any atom is 0.337 e. The van der Waals surface area contributed by atoms with Crippen LogP contribution in [0.15, 0.2) is 40.2 Å². The molecule has 0 saturated carbocycles. The van der Waals surface area contributed by atoms with Crippen LogP contribution in [0.4, 0.5) is 0 Å². The van der Waals surface area contributed by atoms with Gasteiger partial charge in [-0.3, -0.25) is 14.7 Å². The van der Waals surface area contributed by atoms with Crippen molar-refractivity contribution in [3.05, 3.63) is 57.8 Å². The number of aliphatic imine (C=N–C) groups is 1. The van der Waals surface area contributed by atoms with Gasteiger partial charge < -0.3 is 9.67 Å². The third kappa shape index (κ3) is 2.94. The molecule has 1 N–H and O–H groups in total. The molecule has 1 aromatic heterocycles. The summed E-state index contributed by atoms with van der Waals surface area (Å²) in [6.45, 7) is 3.84. The summed E-state index contributed by atoms with van der Waals surface area (Å²) in [6.07, 6.45) is 1.84. The van der Waals surface area contributed by atoms with E-state index in [4.69, 9.17) is 0 Å². The van der Waals surface area contributed by atoms with Crippen LogP contribution in [-0.4, -0.2) is 45.7 Å². The molecule has 1 saturated heterocycles. The van der Waals surface area contributed by atoms with Gasteiger partial charge in [0, 0.05) is 25.5 Å². The minimum absolute atomic E-state index is 0.0914. The number of hydrogen-bond donors (Lipinski definition) is 1. The molecule has 1 aromatic carbocycles. The van der Waals surface area contributed by atoms with Crippen molar-refractivity contribution in [2.75, 3.05) is 14.1 Å². The molecule has 6 nitrogen and oxygen atoms in total. The van der Waals surface area contributed by atoms with Gasteiger partial charge in [0.25, 0.3) is 5.91 Å². The molecule has 0 radical (unpaired) electrons. The fraction of sp³-hybridized carbons (Fsp3) is 0.211. The first-order chi connectivity index (χ1) is 12.3. The summed E-state index contributed by atoms with van der Waals surface area (Å²) in [4.78, 5) is 30.2. The predicted molar refractivity (Wildman–Crippen MR) is 104 cm³/mol. The van der Waals surface area contributed by atoms with Gasteiger partial charge in [0.15, 0.2) is 5.17 Å². The van der Waals surface area contributed by atoms with Crippen molar-refractivity contribution in [2.45, 2.75) is 13.8 Å². The standard InChI is InChI=1S/C19H19N3O3S/c1-11-9-13(10-16-17(23)21(4)19(20-3)26-16)12(2)22(11)15-8-6-5-7-14(15)18(24)25/h5-10H,1-4H3,(H,24,25)/b16-10-,20-19?. The fourth-order valence-corrected chi connectivity index (χ4v) is 3.96. The summed E-state index contributed by atoms with van der Waals surface area (Å²) in [6, 6.07) is 8.85. The normalized spacial score (nSPS) is 17.5. The Morgan fingerprint density at radius 2 is 1.96 bits per heavy atom. The van der Waals surface area contributed by atoms with Gasteiger partial charge in [0.2, 0.25) is 0 Å².